The minimum absolute atomic E-state index is 0.593. The predicted molar refractivity (Wildman–Crippen MR) is 267 cm³/mol. The van der Waals surface area contributed by atoms with Crippen LogP contribution in [0.3, 0.4) is 0 Å². The van der Waals surface area contributed by atoms with Gasteiger partial charge in [0.25, 0.3) is 0 Å². The summed E-state index contributed by atoms with van der Waals surface area (Å²) in [7, 11) is 0. The third kappa shape index (κ3) is 7.20. The zero-order chi connectivity index (χ0) is 43.8. The molecule has 0 aliphatic rings. The van der Waals surface area contributed by atoms with Crippen molar-refractivity contribution in [3.05, 3.63) is 237 Å². The van der Waals surface area contributed by atoms with E-state index in [9.17, 15) is 0 Å². The monoisotopic (exact) mass is 845 g/mol. The lowest BCUT2D eigenvalue weighted by atomic mass is 10.00. The molecule has 0 atom stereocenters. The Morgan fingerprint density at radius 3 is 0.955 bits per heavy atom. The zero-order valence-corrected chi connectivity index (χ0v) is 35.6. The van der Waals surface area contributed by atoms with Crippen LogP contribution in [0.2, 0.25) is 0 Å². The van der Waals surface area contributed by atoms with Crippen molar-refractivity contribution in [1.29, 1.82) is 0 Å². The van der Waals surface area contributed by atoms with E-state index in [4.69, 9.17) is 24.9 Å². The van der Waals surface area contributed by atoms with E-state index in [1.165, 1.54) is 0 Å². The molecule has 0 fully saturated rings. The van der Waals surface area contributed by atoms with Crippen LogP contribution >= 0.6 is 0 Å². The largest absolute Gasteiger partial charge is 0.292 e. The van der Waals surface area contributed by atoms with Gasteiger partial charge in [0.15, 0.2) is 17.5 Å². The molecule has 0 radical (unpaired) electrons. The quantitative estimate of drug-likeness (QED) is 0.145. The summed E-state index contributed by atoms with van der Waals surface area (Å²) in [6.45, 7) is 0. The Morgan fingerprint density at radius 1 is 0.227 bits per heavy atom. The second-order valence-corrected chi connectivity index (χ2v) is 16.2. The molecule has 0 bridgehead atoms. The average Bonchev–Trinajstić information content (AvgIpc) is 3.99. The van der Waals surface area contributed by atoms with Crippen LogP contribution in [0.4, 0.5) is 0 Å². The summed E-state index contributed by atoms with van der Waals surface area (Å²) in [5, 5.41) is 0. The highest BCUT2D eigenvalue weighted by Crippen LogP contribution is 2.35. The normalized spacial score (nSPS) is 11.3. The van der Waals surface area contributed by atoms with Gasteiger partial charge in [0.05, 0.1) is 22.1 Å². The molecular formula is C59H39N7. The number of para-hydroxylation sites is 6. The van der Waals surface area contributed by atoms with E-state index in [1.807, 2.05) is 54.6 Å². The van der Waals surface area contributed by atoms with E-state index in [-0.39, 0.29) is 0 Å². The van der Waals surface area contributed by atoms with E-state index in [0.717, 1.165) is 95.2 Å². The molecular weight excluding hydrogens is 807 g/mol. The first kappa shape index (κ1) is 38.6. The smallest absolute Gasteiger partial charge is 0.164 e. The number of aromatic nitrogens is 7. The minimum Gasteiger partial charge on any atom is -0.292 e. The number of hydrogen-bond acceptors (Lipinski definition) is 5. The first-order chi connectivity index (χ1) is 32.7. The summed E-state index contributed by atoms with van der Waals surface area (Å²) in [6, 6.07) is 81.6. The van der Waals surface area contributed by atoms with Crippen LogP contribution in [0.5, 0.6) is 0 Å². The molecule has 3 aromatic heterocycles. The number of fused-ring (bicyclic) bond motifs is 2. The molecule has 0 saturated carbocycles. The Morgan fingerprint density at radius 2 is 0.530 bits per heavy atom. The van der Waals surface area contributed by atoms with Crippen LogP contribution in [0, 0.1) is 0 Å². The second-order valence-electron chi connectivity index (χ2n) is 16.2. The highest BCUT2D eigenvalue weighted by Gasteiger charge is 2.18. The Balaban J connectivity index is 0.926. The fourth-order valence-corrected chi connectivity index (χ4v) is 8.82. The lowest BCUT2D eigenvalue weighted by Crippen LogP contribution is -2.00. The maximum Gasteiger partial charge on any atom is 0.164 e. The first-order valence-electron chi connectivity index (χ1n) is 22.0. The van der Waals surface area contributed by atoms with Crippen molar-refractivity contribution < 1.29 is 0 Å². The second kappa shape index (κ2) is 16.6. The van der Waals surface area contributed by atoms with Crippen molar-refractivity contribution >= 4 is 22.1 Å². The summed E-state index contributed by atoms with van der Waals surface area (Å²) in [5.74, 6) is 3.56. The summed E-state index contributed by atoms with van der Waals surface area (Å²) in [6.07, 6.45) is 0. The molecule has 0 aliphatic heterocycles. The van der Waals surface area contributed by atoms with Gasteiger partial charge in [0.2, 0.25) is 0 Å². The molecule has 3 heterocycles. The van der Waals surface area contributed by atoms with Gasteiger partial charge in [-0.05, 0) is 95.1 Å². The van der Waals surface area contributed by atoms with Gasteiger partial charge >= 0.3 is 0 Å². The molecule has 0 saturated heterocycles. The van der Waals surface area contributed by atoms with Gasteiger partial charge in [0, 0.05) is 39.2 Å². The molecule has 310 valence electrons. The number of rotatable bonds is 9. The molecule has 7 heteroatoms. The Labute approximate surface area is 381 Å². The van der Waals surface area contributed by atoms with Crippen LogP contribution < -0.4 is 0 Å². The maximum absolute atomic E-state index is 5.19. The van der Waals surface area contributed by atoms with E-state index in [1.54, 1.807) is 0 Å². The minimum atomic E-state index is 0.593. The molecule has 12 aromatic rings. The molecule has 0 unspecified atom stereocenters. The lowest BCUT2D eigenvalue weighted by Gasteiger charge is -2.12. The molecule has 7 nitrogen and oxygen atoms in total. The third-order valence-corrected chi connectivity index (χ3v) is 12.0. The van der Waals surface area contributed by atoms with E-state index < -0.39 is 0 Å². The van der Waals surface area contributed by atoms with Gasteiger partial charge in [-0.1, -0.05) is 164 Å². The molecule has 0 spiro atoms. The van der Waals surface area contributed by atoms with Crippen LogP contribution in [0.25, 0.3) is 113 Å². The fourth-order valence-electron chi connectivity index (χ4n) is 8.82. The maximum atomic E-state index is 5.19. The number of hydrogen-bond donors (Lipinski definition) is 0. The van der Waals surface area contributed by atoms with E-state index in [0.29, 0.717) is 17.5 Å². The predicted octanol–water partition coefficient (Wildman–Crippen LogP) is 14.2. The molecule has 12 rings (SSSR count). The Hall–Kier alpha value is -9.07. The summed E-state index contributed by atoms with van der Waals surface area (Å²) in [4.78, 5) is 25.7. The van der Waals surface area contributed by atoms with Crippen molar-refractivity contribution in [3.63, 3.8) is 0 Å². The third-order valence-electron chi connectivity index (χ3n) is 12.0. The van der Waals surface area contributed by atoms with Crippen LogP contribution in [0.1, 0.15) is 0 Å². The number of imidazole rings is 2. The van der Waals surface area contributed by atoms with Crippen molar-refractivity contribution in [2.75, 3.05) is 0 Å². The molecule has 9 aromatic carbocycles. The van der Waals surface area contributed by atoms with E-state index >= 15 is 0 Å². The number of benzene rings is 9. The lowest BCUT2D eigenvalue weighted by molar-refractivity contribution is 1.07. The van der Waals surface area contributed by atoms with Crippen LogP contribution in [-0.2, 0) is 0 Å². The van der Waals surface area contributed by atoms with Gasteiger partial charge in [-0.2, -0.15) is 0 Å². The molecule has 0 N–H and O–H groups in total. The van der Waals surface area contributed by atoms with Crippen LogP contribution in [0.15, 0.2) is 237 Å². The Kier molecular flexibility index (Phi) is 9.69. The zero-order valence-electron chi connectivity index (χ0n) is 35.6. The van der Waals surface area contributed by atoms with Gasteiger partial charge < -0.3 is 0 Å². The fraction of sp³-hybridized carbons (Fsp3) is 0. The van der Waals surface area contributed by atoms with Crippen molar-refractivity contribution in [3.8, 4) is 90.6 Å². The highest BCUT2D eigenvalue weighted by atomic mass is 15.1. The summed E-state index contributed by atoms with van der Waals surface area (Å²) in [5.41, 5.74) is 15.1. The van der Waals surface area contributed by atoms with E-state index in [2.05, 4.69) is 191 Å². The summed E-state index contributed by atoms with van der Waals surface area (Å²) >= 11 is 0. The van der Waals surface area contributed by atoms with Gasteiger partial charge in [0.1, 0.15) is 11.6 Å². The highest BCUT2D eigenvalue weighted by molar-refractivity contribution is 5.86. The average molecular weight is 846 g/mol. The Bertz CT molecular complexity index is 3480. The van der Waals surface area contributed by atoms with Crippen LogP contribution in [-0.4, -0.2) is 34.1 Å². The molecule has 0 aliphatic carbocycles. The number of nitrogens with zero attached hydrogens (tertiary/aromatic N) is 7. The van der Waals surface area contributed by atoms with Gasteiger partial charge in [-0.15, -0.1) is 0 Å². The first-order valence-corrected chi connectivity index (χ1v) is 22.0. The summed E-state index contributed by atoms with van der Waals surface area (Å²) < 4.78 is 4.47. The molecule has 0 amide bonds. The van der Waals surface area contributed by atoms with Crippen molar-refractivity contribution in [2.45, 2.75) is 0 Å². The van der Waals surface area contributed by atoms with Crippen molar-refractivity contribution in [2.24, 2.45) is 0 Å². The van der Waals surface area contributed by atoms with Gasteiger partial charge in [-0.3, -0.25) is 9.13 Å². The SMILES string of the molecule is c1ccc(-c2nc(-c3cccc(-c4cccc(-c5nc6ccccc6n5-c5ccccc5)c4)c3)nc(-c3cccc(-c4cccc(-c5nc6ccccc6n5-c5ccccc5)c4)c3)n2)cc1. The van der Waals surface area contributed by atoms with Crippen molar-refractivity contribution in [1.82, 2.24) is 34.1 Å². The molecule has 66 heavy (non-hydrogen) atoms. The topological polar surface area (TPSA) is 74.3 Å². The standard InChI is InChI=1S/C59H39N7/c1-4-18-40(19-5-1)55-62-56(45-24-14-20-41(36-45)43-22-16-26-47(38-43)58-60-51-32-10-12-34-53(51)65(58)49-28-6-2-7-29-49)64-57(63-55)46-25-15-21-42(37-46)44-23-17-27-48(39-44)59-61-52-33-11-13-35-54(52)66(59)50-30-8-3-9-31-50/h1-39H. The van der Waals surface area contributed by atoms with Gasteiger partial charge in [-0.25, -0.2) is 24.9 Å².